The lowest BCUT2D eigenvalue weighted by atomic mass is 9.73. The maximum absolute atomic E-state index is 13.2. The van der Waals surface area contributed by atoms with Crippen molar-refractivity contribution in [3.63, 3.8) is 0 Å². The molecule has 0 aromatic heterocycles. The first-order chi connectivity index (χ1) is 16.4. The number of carbonyl (C=O) groups is 2. The van der Waals surface area contributed by atoms with E-state index in [1.807, 2.05) is 18.7 Å². The van der Waals surface area contributed by atoms with Crippen molar-refractivity contribution in [2.75, 3.05) is 52.5 Å². The minimum Gasteiger partial charge on any atom is -0.447 e. The largest absolute Gasteiger partial charge is 0.447 e. The Bertz CT molecular complexity index is 740. The molecule has 0 aromatic rings. The van der Waals surface area contributed by atoms with E-state index in [1.165, 1.54) is 0 Å². The Kier molecular flexibility index (Phi) is 7.35. The van der Waals surface area contributed by atoms with Gasteiger partial charge in [0.2, 0.25) is 5.91 Å². The molecule has 5 atom stereocenters. The number of fused-ring (bicyclic) bond motifs is 1. The summed E-state index contributed by atoms with van der Waals surface area (Å²) in [6.45, 7) is 14.0. The van der Waals surface area contributed by atoms with Crippen molar-refractivity contribution in [1.29, 1.82) is 0 Å². The number of rotatable bonds is 6. The quantitative estimate of drug-likeness (QED) is 0.598. The average molecular weight is 477 g/mol. The molecule has 3 saturated heterocycles. The molecule has 0 spiro atoms. The molecule has 3 aliphatic heterocycles. The maximum atomic E-state index is 13.2. The Morgan fingerprint density at radius 1 is 1.03 bits per heavy atom. The van der Waals surface area contributed by atoms with Gasteiger partial charge in [-0.2, -0.15) is 0 Å². The molecule has 2 saturated carbocycles. The van der Waals surface area contributed by atoms with Gasteiger partial charge >= 0.3 is 6.09 Å². The molecule has 0 radical (unpaired) electrons. The molecule has 9 nitrogen and oxygen atoms in total. The number of nitrogens with zero attached hydrogens (tertiary/aromatic N) is 4. The standard InChI is InChI=1S/C25H44N6O3/c1-17(2)34-25(33)30-14-18(3)31(24(32)19-4-5-19)22-7-6-20(12-23(22)30)21-13-27-29(15-21)11-10-28-9-8-26-16-28/h17-23,26-27H,4-16H2,1-3H3/t18-,20?,21?,22?,23?/m0/s1. The van der Waals surface area contributed by atoms with Crippen molar-refractivity contribution < 1.29 is 14.3 Å². The van der Waals surface area contributed by atoms with Gasteiger partial charge in [-0.15, -0.1) is 0 Å². The minimum absolute atomic E-state index is 0.0503. The zero-order valence-corrected chi connectivity index (χ0v) is 21.2. The third-order valence-corrected chi connectivity index (χ3v) is 8.59. The Balaban J connectivity index is 1.24. The van der Waals surface area contributed by atoms with Crippen LogP contribution in [0.25, 0.3) is 0 Å². The molecule has 3 heterocycles. The van der Waals surface area contributed by atoms with Crippen molar-refractivity contribution in [2.24, 2.45) is 17.8 Å². The summed E-state index contributed by atoms with van der Waals surface area (Å²) in [5.41, 5.74) is 3.63. The van der Waals surface area contributed by atoms with E-state index in [1.54, 1.807) is 0 Å². The molecular formula is C25H44N6O3. The summed E-state index contributed by atoms with van der Waals surface area (Å²) in [7, 11) is 0. The van der Waals surface area contributed by atoms with Crippen LogP contribution in [0.4, 0.5) is 4.79 Å². The summed E-state index contributed by atoms with van der Waals surface area (Å²) >= 11 is 0. The SMILES string of the molecule is CC(C)OC(=O)N1C[C@H](C)N(C(=O)C2CC2)C2CCC(C3CNN(CCN4CCNC4)C3)CC21. The fraction of sp³-hybridized carbons (Fsp3) is 0.920. The van der Waals surface area contributed by atoms with E-state index in [-0.39, 0.29) is 36.2 Å². The number of hydrogen-bond acceptors (Lipinski definition) is 7. The van der Waals surface area contributed by atoms with Crippen molar-refractivity contribution in [3.8, 4) is 0 Å². The Morgan fingerprint density at radius 3 is 2.56 bits per heavy atom. The van der Waals surface area contributed by atoms with E-state index in [9.17, 15) is 9.59 Å². The molecule has 2 aliphatic carbocycles. The second kappa shape index (κ2) is 10.3. The second-order valence-corrected chi connectivity index (χ2v) is 11.5. The van der Waals surface area contributed by atoms with Crippen molar-refractivity contribution >= 4 is 12.0 Å². The first kappa shape index (κ1) is 24.3. The third-order valence-electron chi connectivity index (χ3n) is 8.59. The van der Waals surface area contributed by atoms with Gasteiger partial charge in [0.1, 0.15) is 0 Å². The van der Waals surface area contributed by atoms with Crippen molar-refractivity contribution in [1.82, 2.24) is 30.5 Å². The van der Waals surface area contributed by atoms with Crippen LogP contribution in [0.15, 0.2) is 0 Å². The molecule has 5 fully saturated rings. The molecule has 2 N–H and O–H groups in total. The number of nitrogens with one attached hydrogen (secondary N) is 2. The fourth-order valence-corrected chi connectivity index (χ4v) is 6.64. The van der Waals surface area contributed by atoms with Crippen LogP contribution in [0.2, 0.25) is 0 Å². The van der Waals surface area contributed by atoms with Crippen LogP contribution in [0.3, 0.4) is 0 Å². The highest BCUT2D eigenvalue weighted by Crippen LogP contribution is 2.42. The first-order valence-electron chi connectivity index (χ1n) is 13.6. The van der Waals surface area contributed by atoms with Crippen LogP contribution in [-0.2, 0) is 9.53 Å². The van der Waals surface area contributed by atoms with Crippen LogP contribution in [0.5, 0.6) is 0 Å². The van der Waals surface area contributed by atoms with Gasteiger partial charge in [-0.1, -0.05) is 0 Å². The predicted molar refractivity (Wildman–Crippen MR) is 130 cm³/mol. The van der Waals surface area contributed by atoms with Gasteiger partial charge in [-0.25, -0.2) is 9.80 Å². The van der Waals surface area contributed by atoms with Crippen LogP contribution in [0.1, 0.15) is 52.9 Å². The fourth-order valence-electron chi connectivity index (χ4n) is 6.64. The number of amides is 2. The number of hydrazine groups is 1. The van der Waals surface area contributed by atoms with Crippen LogP contribution >= 0.6 is 0 Å². The third kappa shape index (κ3) is 5.22. The van der Waals surface area contributed by atoms with E-state index in [0.29, 0.717) is 24.3 Å². The lowest BCUT2D eigenvalue weighted by Gasteiger charge is -2.54. The van der Waals surface area contributed by atoms with Gasteiger partial charge in [0.25, 0.3) is 0 Å². The van der Waals surface area contributed by atoms with Crippen LogP contribution in [0, 0.1) is 17.8 Å². The summed E-state index contributed by atoms with van der Waals surface area (Å²) in [6, 6.07) is 0.240. The van der Waals surface area contributed by atoms with E-state index in [4.69, 9.17) is 4.74 Å². The van der Waals surface area contributed by atoms with Gasteiger partial charge in [0, 0.05) is 64.4 Å². The minimum atomic E-state index is -0.207. The van der Waals surface area contributed by atoms with Crippen LogP contribution < -0.4 is 10.7 Å². The first-order valence-corrected chi connectivity index (χ1v) is 13.6. The summed E-state index contributed by atoms with van der Waals surface area (Å²) in [4.78, 5) is 32.9. The highest BCUT2D eigenvalue weighted by molar-refractivity contribution is 5.82. The highest BCUT2D eigenvalue weighted by Gasteiger charge is 2.50. The number of hydrogen-bond donors (Lipinski definition) is 2. The molecule has 5 rings (SSSR count). The smallest absolute Gasteiger partial charge is 0.410 e. The molecule has 192 valence electrons. The molecular weight excluding hydrogens is 432 g/mol. The summed E-state index contributed by atoms with van der Waals surface area (Å²) in [6.07, 6.45) is 4.79. The van der Waals surface area contributed by atoms with Crippen LogP contribution in [-0.4, -0.2) is 108 Å². The molecule has 4 unspecified atom stereocenters. The topological polar surface area (TPSA) is 80.4 Å². The lowest BCUT2D eigenvalue weighted by molar-refractivity contribution is -0.146. The lowest BCUT2D eigenvalue weighted by Crippen LogP contribution is -2.67. The molecule has 5 aliphatic rings. The number of piperazine rings is 1. The predicted octanol–water partition coefficient (Wildman–Crippen LogP) is 1.31. The van der Waals surface area contributed by atoms with E-state index >= 15 is 0 Å². The van der Waals surface area contributed by atoms with Gasteiger partial charge in [0.15, 0.2) is 0 Å². The van der Waals surface area contributed by atoms with Gasteiger partial charge < -0.3 is 19.9 Å². The average Bonchev–Trinajstić information content (AvgIpc) is 3.32. The summed E-state index contributed by atoms with van der Waals surface area (Å²) in [5.74, 6) is 1.69. The molecule has 2 amide bonds. The van der Waals surface area contributed by atoms with Crippen molar-refractivity contribution in [3.05, 3.63) is 0 Å². The monoisotopic (exact) mass is 476 g/mol. The van der Waals surface area contributed by atoms with E-state index in [0.717, 1.165) is 78.0 Å². The Morgan fingerprint density at radius 2 is 1.85 bits per heavy atom. The molecule has 9 heteroatoms. The molecule has 34 heavy (non-hydrogen) atoms. The van der Waals surface area contributed by atoms with E-state index < -0.39 is 0 Å². The second-order valence-electron chi connectivity index (χ2n) is 11.5. The normalized spacial score (nSPS) is 35.1. The molecule has 0 bridgehead atoms. The molecule has 0 aromatic carbocycles. The Hall–Kier alpha value is -1.42. The zero-order chi connectivity index (χ0) is 23.8. The summed E-state index contributed by atoms with van der Waals surface area (Å²) in [5, 5.41) is 5.80. The Labute approximate surface area is 204 Å². The number of ether oxygens (including phenoxy) is 1. The number of carbonyl (C=O) groups excluding carboxylic acids is 2. The maximum Gasteiger partial charge on any atom is 0.410 e. The van der Waals surface area contributed by atoms with Gasteiger partial charge in [-0.05, 0) is 64.7 Å². The zero-order valence-electron chi connectivity index (χ0n) is 21.2. The summed E-state index contributed by atoms with van der Waals surface area (Å²) < 4.78 is 5.65. The van der Waals surface area contributed by atoms with Gasteiger partial charge in [0.05, 0.1) is 18.2 Å². The highest BCUT2D eigenvalue weighted by atomic mass is 16.6. The van der Waals surface area contributed by atoms with Crippen molar-refractivity contribution in [2.45, 2.75) is 77.1 Å². The van der Waals surface area contributed by atoms with Gasteiger partial charge in [-0.3, -0.25) is 15.1 Å². The van der Waals surface area contributed by atoms with E-state index in [2.05, 4.69) is 32.5 Å².